The quantitative estimate of drug-likeness (QED) is 0.534. The number of anilines is 3. The topological polar surface area (TPSA) is 90.6 Å². The lowest BCUT2D eigenvalue weighted by atomic mass is 10.2. The Bertz CT molecular complexity index is 826. The van der Waals surface area contributed by atoms with E-state index in [1.165, 1.54) is 4.90 Å². The van der Waals surface area contributed by atoms with Crippen LogP contribution in [-0.2, 0) is 16.0 Å². The Hall–Kier alpha value is -2.67. The minimum absolute atomic E-state index is 0.334. The average Bonchev–Trinajstić information content (AvgIpc) is 2.79. The first-order valence-electron chi connectivity index (χ1n) is 9.56. The molecule has 1 aromatic carbocycles. The summed E-state index contributed by atoms with van der Waals surface area (Å²) in [4.78, 5) is 19.5. The van der Waals surface area contributed by atoms with E-state index in [9.17, 15) is 5.26 Å². The first-order chi connectivity index (χ1) is 14.2. The van der Waals surface area contributed by atoms with Crippen molar-refractivity contribution in [1.29, 1.82) is 5.26 Å². The highest BCUT2D eigenvalue weighted by atomic mass is 35.5. The largest absolute Gasteiger partial charge is 0.378 e. The van der Waals surface area contributed by atoms with E-state index in [1.807, 2.05) is 12.1 Å². The van der Waals surface area contributed by atoms with Crippen LogP contribution in [0, 0.1) is 11.5 Å². The van der Waals surface area contributed by atoms with Gasteiger partial charge in [-0.25, -0.2) is 4.90 Å². The minimum atomic E-state index is 0.334. The summed E-state index contributed by atoms with van der Waals surface area (Å²) in [5, 5.41) is 10.4. The number of halogens is 1. The highest BCUT2D eigenvalue weighted by molar-refractivity contribution is 6.30. The summed E-state index contributed by atoms with van der Waals surface area (Å²) in [5.41, 5.74) is 0.942. The van der Waals surface area contributed by atoms with Crippen LogP contribution in [0.4, 0.5) is 17.8 Å². The third-order valence-electron chi connectivity index (χ3n) is 4.80. The molecule has 152 valence electrons. The van der Waals surface area contributed by atoms with Gasteiger partial charge in [-0.05, 0) is 17.7 Å². The predicted octanol–water partition coefficient (Wildman–Crippen LogP) is 1.69. The molecule has 0 N–H and O–H groups in total. The van der Waals surface area contributed by atoms with Crippen molar-refractivity contribution in [3.05, 3.63) is 34.9 Å². The first kappa shape index (κ1) is 19.6. The molecular formula is C19H22ClN7O2. The standard InChI is InChI=1S/C19H22ClN7O2/c20-16-3-1-15(2-4-16)13-27(14-21)19-23-17(25-5-9-28-10-6-25)22-18(24-19)26-7-11-29-12-8-26/h1-4H,5-13H2. The van der Waals surface area contributed by atoms with Crippen LogP contribution in [0.15, 0.2) is 24.3 Å². The lowest BCUT2D eigenvalue weighted by molar-refractivity contribution is 0.121. The summed E-state index contributed by atoms with van der Waals surface area (Å²) >= 11 is 5.97. The van der Waals surface area contributed by atoms with Gasteiger partial charge in [-0.2, -0.15) is 20.2 Å². The van der Waals surface area contributed by atoms with Gasteiger partial charge >= 0.3 is 0 Å². The second-order valence-corrected chi connectivity index (χ2v) is 7.18. The van der Waals surface area contributed by atoms with Gasteiger partial charge in [-0.15, -0.1) is 0 Å². The fourth-order valence-electron chi connectivity index (χ4n) is 3.20. The van der Waals surface area contributed by atoms with Crippen molar-refractivity contribution in [3.63, 3.8) is 0 Å². The first-order valence-corrected chi connectivity index (χ1v) is 9.94. The van der Waals surface area contributed by atoms with Crippen LogP contribution in [-0.4, -0.2) is 67.6 Å². The molecule has 2 aromatic rings. The number of nitriles is 1. The zero-order valence-corrected chi connectivity index (χ0v) is 16.8. The molecule has 29 heavy (non-hydrogen) atoms. The monoisotopic (exact) mass is 415 g/mol. The molecule has 2 saturated heterocycles. The van der Waals surface area contributed by atoms with Crippen LogP contribution in [0.1, 0.15) is 5.56 Å². The number of morpholine rings is 2. The Morgan fingerprint density at radius 3 is 1.90 bits per heavy atom. The van der Waals surface area contributed by atoms with Crippen LogP contribution in [0.25, 0.3) is 0 Å². The van der Waals surface area contributed by atoms with Crippen LogP contribution in [0.2, 0.25) is 5.02 Å². The maximum absolute atomic E-state index is 9.78. The molecule has 0 amide bonds. The lowest BCUT2D eigenvalue weighted by Gasteiger charge is -2.30. The number of rotatable bonds is 5. The van der Waals surface area contributed by atoms with Crippen molar-refractivity contribution in [3.8, 4) is 6.19 Å². The highest BCUT2D eigenvalue weighted by Gasteiger charge is 2.23. The molecule has 0 bridgehead atoms. The molecule has 0 atom stereocenters. The summed E-state index contributed by atoms with van der Waals surface area (Å²) in [6, 6.07) is 7.38. The lowest BCUT2D eigenvalue weighted by Crippen LogP contribution is -2.40. The minimum Gasteiger partial charge on any atom is -0.378 e. The molecule has 2 fully saturated rings. The van der Waals surface area contributed by atoms with Gasteiger partial charge in [0, 0.05) is 31.2 Å². The molecule has 3 heterocycles. The number of aromatic nitrogens is 3. The van der Waals surface area contributed by atoms with E-state index >= 15 is 0 Å². The van der Waals surface area contributed by atoms with E-state index in [0.717, 1.165) is 5.56 Å². The van der Waals surface area contributed by atoms with Crippen molar-refractivity contribution in [2.75, 3.05) is 67.3 Å². The summed E-state index contributed by atoms with van der Waals surface area (Å²) in [6.45, 7) is 5.67. The van der Waals surface area contributed by atoms with E-state index in [-0.39, 0.29) is 0 Å². The van der Waals surface area contributed by atoms with E-state index in [0.29, 0.717) is 82.0 Å². The van der Waals surface area contributed by atoms with Gasteiger partial charge in [0.2, 0.25) is 17.8 Å². The molecule has 2 aliphatic rings. The summed E-state index contributed by atoms with van der Waals surface area (Å²) in [6.07, 6.45) is 2.20. The Labute approximate surface area is 174 Å². The van der Waals surface area contributed by atoms with Gasteiger partial charge in [0.1, 0.15) is 0 Å². The second-order valence-electron chi connectivity index (χ2n) is 6.75. The van der Waals surface area contributed by atoms with Gasteiger partial charge in [0.05, 0.1) is 33.0 Å². The van der Waals surface area contributed by atoms with Gasteiger partial charge in [0.15, 0.2) is 6.19 Å². The van der Waals surface area contributed by atoms with E-state index in [4.69, 9.17) is 21.1 Å². The summed E-state index contributed by atoms with van der Waals surface area (Å²) in [7, 11) is 0. The van der Waals surface area contributed by atoms with Gasteiger partial charge in [0.25, 0.3) is 0 Å². The van der Waals surface area contributed by atoms with Crippen LogP contribution in [0.5, 0.6) is 0 Å². The Balaban J connectivity index is 1.65. The number of hydrogen-bond acceptors (Lipinski definition) is 9. The number of hydrogen-bond donors (Lipinski definition) is 0. The van der Waals surface area contributed by atoms with E-state index in [2.05, 4.69) is 30.9 Å². The van der Waals surface area contributed by atoms with Gasteiger partial charge in [-0.3, -0.25) is 0 Å². The SMILES string of the molecule is N#CN(Cc1ccc(Cl)cc1)c1nc(N2CCOCC2)nc(N2CCOCC2)n1. The predicted molar refractivity (Wildman–Crippen MR) is 109 cm³/mol. The third-order valence-corrected chi connectivity index (χ3v) is 5.06. The maximum atomic E-state index is 9.78. The van der Waals surface area contributed by atoms with Crippen molar-refractivity contribution < 1.29 is 9.47 Å². The molecule has 4 rings (SSSR count). The zero-order chi connectivity index (χ0) is 20.1. The van der Waals surface area contributed by atoms with Gasteiger partial charge < -0.3 is 19.3 Å². The smallest absolute Gasteiger partial charge is 0.245 e. The molecule has 0 spiro atoms. The highest BCUT2D eigenvalue weighted by Crippen LogP contribution is 2.22. The second kappa shape index (κ2) is 9.22. The molecule has 9 nitrogen and oxygen atoms in total. The molecule has 0 radical (unpaired) electrons. The molecule has 0 unspecified atom stereocenters. The van der Waals surface area contributed by atoms with Crippen molar-refractivity contribution >= 4 is 29.4 Å². The zero-order valence-electron chi connectivity index (χ0n) is 16.0. The number of nitrogens with zero attached hydrogens (tertiary/aromatic N) is 7. The third kappa shape index (κ3) is 4.85. The van der Waals surface area contributed by atoms with Crippen molar-refractivity contribution in [1.82, 2.24) is 15.0 Å². The van der Waals surface area contributed by atoms with Crippen LogP contribution >= 0.6 is 11.6 Å². The number of ether oxygens (including phenoxy) is 2. The average molecular weight is 416 g/mol. The maximum Gasteiger partial charge on any atom is 0.245 e. The Morgan fingerprint density at radius 1 is 0.897 bits per heavy atom. The molecular weight excluding hydrogens is 394 g/mol. The molecule has 0 aliphatic carbocycles. The molecule has 0 saturated carbocycles. The fourth-order valence-corrected chi connectivity index (χ4v) is 3.32. The Morgan fingerprint density at radius 2 is 1.41 bits per heavy atom. The fraction of sp³-hybridized carbons (Fsp3) is 0.474. The normalized spacial score (nSPS) is 17.1. The van der Waals surface area contributed by atoms with Crippen molar-refractivity contribution in [2.24, 2.45) is 0 Å². The van der Waals surface area contributed by atoms with Gasteiger partial charge in [-0.1, -0.05) is 23.7 Å². The Kier molecular flexibility index (Phi) is 6.24. The summed E-state index contributed by atoms with van der Waals surface area (Å²) < 4.78 is 10.9. The molecule has 2 aliphatic heterocycles. The van der Waals surface area contributed by atoms with E-state index < -0.39 is 0 Å². The van der Waals surface area contributed by atoms with E-state index in [1.54, 1.807) is 12.1 Å². The summed E-state index contributed by atoms with van der Waals surface area (Å²) in [5.74, 6) is 1.47. The molecule has 1 aromatic heterocycles. The molecule has 10 heteroatoms. The van der Waals surface area contributed by atoms with Crippen LogP contribution in [0.3, 0.4) is 0 Å². The van der Waals surface area contributed by atoms with Crippen LogP contribution < -0.4 is 14.7 Å². The number of benzene rings is 1. The van der Waals surface area contributed by atoms with Crippen molar-refractivity contribution in [2.45, 2.75) is 6.54 Å².